The van der Waals surface area contributed by atoms with Crippen LogP contribution >= 0.6 is 11.6 Å². The van der Waals surface area contributed by atoms with Gasteiger partial charge in [0.05, 0.1) is 23.4 Å². The van der Waals surface area contributed by atoms with Crippen LogP contribution in [-0.2, 0) is 6.18 Å². The van der Waals surface area contributed by atoms with E-state index in [-0.39, 0.29) is 11.6 Å². The highest BCUT2D eigenvalue weighted by Crippen LogP contribution is 2.36. The summed E-state index contributed by atoms with van der Waals surface area (Å²) in [5.74, 6) is 0.645. The van der Waals surface area contributed by atoms with Crippen LogP contribution in [0.5, 0.6) is 5.75 Å². The molecule has 3 rings (SSSR count). The van der Waals surface area contributed by atoms with Crippen molar-refractivity contribution in [3.63, 3.8) is 0 Å². The third-order valence-corrected chi connectivity index (χ3v) is 3.99. The molecule has 1 aromatic heterocycles. The van der Waals surface area contributed by atoms with Crippen molar-refractivity contribution in [3.8, 4) is 17.0 Å². The molecular weight excluding hydrogens is 383 g/mol. The first-order chi connectivity index (χ1) is 12.8. The van der Waals surface area contributed by atoms with Gasteiger partial charge in [-0.1, -0.05) is 11.6 Å². The maximum atomic E-state index is 13.0. The number of halogens is 4. The first kappa shape index (κ1) is 18.8. The van der Waals surface area contributed by atoms with Gasteiger partial charge in [-0.15, -0.1) is 0 Å². The Hall–Kier alpha value is -3.00. The number of hydrogen-bond acceptors (Lipinski definition) is 4. The zero-order chi connectivity index (χ0) is 19.6. The fourth-order valence-electron chi connectivity index (χ4n) is 2.38. The summed E-state index contributed by atoms with van der Waals surface area (Å²) >= 11 is 5.61. The molecule has 0 atom stereocenters. The van der Waals surface area contributed by atoms with Crippen LogP contribution in [0.1, 0.15) is 5.56 Å². The van der Waals surface area contributed by atoms with E-state index in [1.165, 1.54) is 19.2 Å². The minimum absolute atomic E-state index is 0.00349. The number of rotatable bonds is 4. The first-order valence-electron chi connectivity index (χ1n) is 7.66. The van der Waals surface area contributed by atoms with Gasteiger partial charge in [0.15, 0.2) is 0 Å². The highest BCUT2D eigenvalue weighted by molar-refractivity contribution is 6.31. The van der Waals surface area contributed by atoms with Crippen LogP contribution < -0.4 is 15.6 Å². The first-order valence-corrected chi connectivity index (χ1v) is 8.03. The van der Waals surface area contributed by atoms with Crippen LogP contribution in [0, 0.1) is 0 Å². The number of nitrogens with one attached hydrogen (secondary N) is 2. The number of nitrogens with zero attached hydrogens (tertiary/aromatic N) is 1. The van der Waals surface area contributed by atoms with Gasteiger partial charge in [0.25, 0.3) is 5.56 Å². The Morgan fingerprint density at radius 2 is 1.81 bits per heavy atom. The van der Waals surface area contributed by atoms with Crippen molar-refractivity contribution in [2.45, 2.75) is 6.18 Å². The number of hydrogen-bond donors (Lipinski definition) is 2. The molecule has 3 aromatic rings. The number of anilines is 2. The van der Waals surface area contributed by atoms with E-state index in [0.717, 1.165) is 12.1 Å². The molecule has 27 heavy (non-hydrogen) atoms. The van der Waals surface area contributed by atoms with Crippen molar-refractivity contribution in [3.05, 3.63) is 69.5 Å². The van der Waals surface area contributed by atoms with Gasteiger partial charge in [0.1, 0.15) is 5.75 Å². The summed E-state index contributed by atoms with van der Waals surface area (Å²) < 4.78 is 44.0. The number of methoxy groups -OCH3 is 1. The Labute approximate surface area is 156 Å². The van der Waals surface area contributed by atoms with Gasteiger partial charge in [-0.05, 0) is 42.5 Å². The van der Waals surface area contributed by atoms with Crippen molar-refractivity contribution in [2.24, 2.45) is 0 Å². The standard InChI is InChI=1S/C18H13ClF3N3O2/c1-27-12-5-2-10(3-6-12)15-9-16(26)25-17(24-15)23-11-4-7-14(19)13(8-11)18(20,21)22/h2-9H,1H3,(H2,23,24,25,26). The van der Waals surface area contributed by atoms with Gasteiger partial charge in [-0.2, -0.15) is 13.2 Å². The van der Waals surface area contributed by atoms with Gasteiger partial charge in [0, 0.05) is 17.3 Å². The van der Waals surface area contributed by atoms with E-state index < -0.39 is 22.3 Å². The second-order valence-electron chi connectivity index (χ2n) is 5.53. The fourth-order valence-corrected chi connectivity index (χ4v) is 2.61. The van der Waals surface area contributed by atoms with E-state index in [9.17, 15) is 18.0 Å². The average molecular weight is 396 g/mol. The Morgan fingerprint density at radius 1 is 1.11 bits per heavy atom. The van der Waals surface area contributed by atoms with Crippen LogP contribution in [0.4, 0.5) is 24.8 Å². The minimum atomic E-state index is -4.60. The molecule has 0 bridgehead atoms. The third kappa shape index (κ3) is 4.40. The Morgan fingerprint density at radius 3 is 2.44 bits per heavy atom. The molecule has 2 N–H and O–H groups in total. The number of H-pyrrole nitrogens is 1. The van der Waals surface area contributed by atoms with Crippen molar-refractivity contribution < 1.29 is 17.9 Å². The SMILES string of the molecule is COc1ccc(-c2cc(=O)[nH]c(Nc3ccc(Cl)c(C(F)(F)F)c3)n2)cc1. The zero-order valence-electron chi connectivity index (χ0n) is 13.9. The number of benzene rings is 2. The van der Waals surface area contributed by atoms with Crippen LogP contribution in [0.2, 0.25) is 5.02 Å². The number of aromatic nitrogens is 2. The molecular formula is C18H13ClF3N3O2. The van der Waals surface area contributed by atoms with Gasteiger partial charge < -0.3 is 10.1 Å². The Balaban J connectivity index is 1.94. The summed E-state index contributed by atoms with van der Waals surface area (Å²) in [7, 11) is 1.53. The second-order valence-corrected chi connectivity index (χ2v) is 5.93. The second kappa shape index (κ2) is 7.32. The van der Waals surface area contributed by atoms with Crippen LogP contribution in [0.3, 0.4) is 0 Å². The molecule has 0 unspecified atom stereocenters. The maximum Gasteiger partial charge on any atom is 0.417 e. The molecule has 0 amide bonds. The van der Waals surface area contributed by atoms with E-state index in [1.54, 1.807) is 24.3 Å². The largest absolute Gasteiger partial charge is 0.497 e. The molecule has 0 saturated carbocycles. The molecule has 0 radical (unpaired) electrons. The minimum Gasteiger partial charge on any atom is -0.497 e. The highest BCUT2D eigenvalue weighted by Gasteiger charge is 2.33. The lowest BCUT2D eigenvalue weighted by Crippen LogP contribution is -2.11. The number of ether oxygens (including phenoxy) is 1. The van der Waals surface area contributed by atoms with Crippen LogP contribution in [0.15, 0.2) is 53.3 Å². The van der Waals surface area contributed by atoms with Gasteiger partial charge in [0.2, 0.25) is 5.95 Å². The summed E-state index contributed by atoms with van der Waals surface area (Å²) in [4.78, 5) is 18.6. The smallest absolute Gasteiger partial charge is 0.417 e. The van der Waals surface area contributed by atoms with Gasteiger partial charge in [-0.3, -0.25) is 9.78 Å². The van der Waals surface area contributed by atoms with Crippen molar-refractivity contribution >= 4 is 23.2 Å². The predicted molar refractivity (Wildman–Crippen MR) is 96.6 cm³/mol. The Kier molecular flexibility index (Phi) is 5.09. The van der Waals surface area contributed by atoms with Gasteiger partial charge >= 0.3 is 6.18 Å². The number of aromatic amines is 1. The van der Waals surface area contributed by atoms with Crippen LogP contribution in [-0.4, -0.2) is 17.1 Å². The summed E-state index contributed by atoms with van der Waals surface area (Å²) in [6, 6.07) is 11.5. The van der Waals surface area contributed by atoms with E-state index in [0.29, 0.717) is 17.0 Å². The van der Waals surface area contributed by atoms with Crippen molar-refractivity contribution in [1.82, 2.24) is 9.97 Å². The fraction of sp³-hybridized carbons (Fsp3) is 0.111. The molecule has 9 heteroatoms. The lowest BCUT2D eigenvalue weighted by molar-refractivity contribution is -0.137. The molecule has 2 aromatic carbocycles. The van der Waals surface area contributed by atoms with E-state index in [2.05, 4.69) is 15.3 Å². The molecule has 0 spiro atoms. The van der Waals surface area contributed by atoms with Gasteiger partial charge in [-0.25, -0.2) is 4.98 Å². The molecule has 1 heterocycles. The van der Waals surface area contributed by atoms with Crippen LogP contribution in [0.25, 0.3) is 11.3 Å². The maximum absolute atomic E-state index is 13.0. The summed E-state index contributed by atoms with van der Waals surface area (Å²) in [6.07, 6.45) is -4.60. The zero-order valence-corrected chi connectivity index (χ0v) is 14.7. The van der Waals surface area contributed by atoms with E-state index in [1.807, 2.05) is 0 Å². The molecule has 0 saturated heterocycles. The monoisotopic (exact) mass is 395 g/mol. The van der Waals surface area contributed by atoms with Crippen molar-refractivity contribution in [2.75, 3.05) is 12.4 Å². The highest BCUT2D eigenvalue weighted by atomic mass is 35.5. The molecule has 0 aliphatic rings. The summed E-state index contributed by atoms with van der Waals surface area (Å²) in [5.41, 5.74) is -0.348. The quantitative estimate of drug-likeness (QED) is 0.662. The lowest BCUT2D eigenvalue weighted by atomic mass is 10.1. The molecule has 0 aliphatic heterocycles. The molecule has 0 fully saturated rings. The molecule has 140 valence electrons. The summed E-state index contributed by atoms with van der Waals surface area (Å²) in [5, 5.41) is 2.25. The topological polar surface area (TPSA) is 67.0 Å². The Bertz CT molecular complexity index is 1020. The third-order valence-electron chi connectivity index (χ3n) is 3.66. The van der Waals surface area contributed by atoms with E-state index >= 15 is 0 Å². The summed E-state index contributed by atoms with van der Waals surface area (Å²) in [6.45, 7) is 0. The van der Waals surface area contributed by atoms with E-state index in [4.69, 9.17) is 16.3 Å². The van der Waals surface area contributed by atoms with Crippen molar-refractivity contribution in [1.29, 1.82) is 0 Å². The average Bonchev–Trinajstić information content (AvgIpc) is 2.62. The number of alkyl halides is 3. The lowest BCUT2D eigenvalue weighted by Gasteiger charge is -2.12. The molecule has 0 aliphatic carbocycles. The molecule has 5 nitrogen and oxygen atoms in total. The normalized spacial score (nSPS) is 11.3. The predicted octanol–water partition coefficient (Wildman–Crippen LogP) is 4.86.